The van der Waals surface area contributed by atoms with Gasteiger partial charge < -0.3 is 13.7 Å². The van der Waals surface area contributed by atoms with Crippen LogP contribution in [0.4, 0.5) is 0 Å². The molecule has 0 fully saturated rings. The number of imidazole rings is 1. The second-order valence-corrected chi connectivity index (χ2v) is 9.32. The van der Waals surface area contributed by atoms with Crippen molar-refractivity contribution in [3.63, 3.8) is 0 Å². The van der Waals surface area contributed by atoms with Gasteiger partial charge in [0.1, 0.15) is 18.0 Å². The van der Waals surface area contributed by atoms with Gasteiger partial charge in [0.05, 0.1) is 6.42 Å². The third-order valence-corrected chi connectivity index (χ3v) is 6.75. The van der Waals surface area contributed by atoms with E-state index in [1.54, 1.807) is 18.5 Å². The number of sulfonamides is 1. The number of hydrogen-bond donors (Lipinski definition) is 1. The summed E-state index contributed by atoms with van der Waals surface area (Å²) >= 11 is 0. The highest BCUT2D eigenvalue weighted by molar-refractivity contribution is 7.89. The van der Waals surface area contributed by atoms with Gasteiger partial charge in [-0.15, -0.1) is 0 Å². The molecule has 0 saturated carbocycles. The van der Waals surface area contributed by atoms with Gasteiger partial charge in [0.15, 0.2) is 5.03 Å². The van der Waals surface area contributed by atoms with E-state index in [2.05, 4.69) is 9.71 Å². The summed E-state index contributed by atoms with van der Waals surface area (Å²) in [6.07, 6.45) is 4.24. The Bertz CT molecular complexity index is 1300. The van der Waals surface area contributed by atoms with Crippen molar-refractivity contribution in [1.82, 2.24) is 14.3 Å². The number of esters is 1. The highest BCUT2D eigenvalue weighted by atomic mass is 32.2. The molecular formula is C21H23N3O6S. The van der Waals surface area contributed by atoms with Crippen LogP contribution in [0.2, 0.25) is 0 Å². The first kappa shape index (κ1) is 21.3. The van der Waals surface area contributed by atoms with E-state index in [1.165, 1.54) is 23.4 Å². The number of carbonyl (C=O) groups is 1. The molecule has 0 aliphatic heterocycles. The molecule has 0 bridgehead atoms. The molecule has 2 heterocycles. The van der Waals surface area contributed by atoms with Crippen LogP contribution in [0.15, 0.2) is 38.6 Å². The number of benzene rings is 1. The molecule has 1 aliphatic rings. The van der Waals surface area contributed by atoms with Crippen LogP contribution in [-0.2, 0) is 46.1 Å². The molecule has 4 rings (SSSR count). The lowest BCUT2D eigenvalue weighted by molar-refractivity contribution is -0.144. The van der Waals surface area contributed by atoms with E-state index in [0.717, 1.165) is 24.6 Å². The maximum Gasteiger partial charge on any atom is 0.336 e. The van der Waals surface area contributed by atoms with Crippen LogP contribution in [0.1, 0.15) is 35.4 Å². The fraction of sp³-hybridized carbons (Fsp3) is 0.381. The van der Waals surface area contributed by atoms with Gasteiger partial charge in [-0.05, 0) is 49.4 Å². The minimum absolute atomic E-state index is 0.0914. The predicted octanol–water partition coefficient (Wildman–Crippen LogP) is 1.74. The molecule has 31 heavy (non-hydrogen) atoms. The highest BCUT2D eigenvalue weighted by Gasteiger charge is 2.19. The fourth-order valence-electron chi connectivity index (χ4n) is 3.66. The molecule has 0 atom stereocenters. The van der Waals surface area contributed by atoms with Gasteiger partial charge in [0, 0.05) is 36.8 Å². The van der Waals surface area contributed by atoms with Gasteiger partial charge >= 0.3 is 11.6 Å². The van der Waals surface area contributed by atoms with Crippen LogP contribution in [0.3, 0.4) is 0 Å². The van der Waals surface area contributed by atoms with Crippen molar-refractivity contribution < 1.29 is 22.4 Å². The van der Waals surface area contributed by atoms with Gasteiger partial charge in [-0.3, -0.25) is 4.79 Å². The second kappa shape index (κ2) is 8.27. The first-order valence-electron chi connectivity index (χ1n) is 9.97. The van der Waals surface area contributed by atoms with E-state index in [0.29, 0.717) is 17.0 Å². The molecule has 10 heteroatoms. The molecule has 2 aromatic heterocycles. The number of nitrogens with one attached hydrogen (secondary N) is 1. The number of carbonyl (C=O) groups excluding carboxylic acids is 1. The van der Waals surface area contributed by atoms with Crippen molar-refractivity contribution in [3.05, 3.63) is 57.3 Å². The van der Waals surface area contributed by atoms with Crippen LogP contribution in [0.5, 0.6) is 0 Å². The number of aryl methyl sites for hydroxylation is 4. The Morgan fingerprint density at radius 2 is 2.00 bits per heavy atom. The zero-order chi connectivity index (χ0) is 22.2. The Morgan fingerprint density at radius 1 is 1.26 bits per heavy atom. The summed E-state index contributed by atoms with van der Waals surface area (Å²) in [7, 11) is -2.11. The van der Waals surface area contributed by atoms with Crippen molar-refractivity contribution in [2.75, 3.05) is 6.54 Å². The van der Waals surface area contributed by atoms with Crippen molar-refractivity contribution >= 4 is 27.0 Å². The number of nitrogens with zero attached hydrogens (tertiary/aromatic N) is 2. The summed E-state index contributed by atoms with van der Waals surface area (Å²) in [5.41, 5.74) is 2.94. The standard InChI is InChI=1S/C21H23N3O6S/c1-13-23-19(11-24(13)2)31(27,28)22-7-6-20(25)29-12-16-10-21(26)30-18-9-15-5-3-4-14(15)8-17(16)18/h8-11,22H,3-7,12H2,1-2H3. The third kappa shape index (κ3) is 4.54. The van der Waals surface area contributed by atoms with Crippen molar-refractivity contribution in [1.29, 1.82) is 0 Å². The van der Waals surface area contributed by atoms with Crippen molar-refractivity contribution in [2.45, 2.75) is 44.2 Å². The van der Waals surface area contributed by atoms with Crippen molar-refractivity contribution in [2.24, 2.45) is 7.05 Å². The number of aromatic nitrogens is 2. The smallest absolute Gasteiger partial charge is 0.336 e. The minimum atomic E-state index is -3.81. The summed E-state index contributed by atoms with van der Waals surface area (Å²) < 4.78 is 39.0. The van der Waals surface area contributed by atoms with Gasteiger partial charge in [0.25, 0.3) is 10.0 Å². The lowest BCUT2D eigenvalue weighted by Gasteiger charge is -2.09. The van der Waals surface area contributed by atoms with Crippen molar-refractivity contribution in [3.8, 4) is 0 Å². The zero-order valence-corrected chi connectivity index (χ0v) is 18.1. The molecule has 3 aromatic rings. The zero-order valence-electron chi connectivity index (χ0n) is 17.3. The van der Waals surface area contributed by atoms with Crippen LogP contribution in [-0.4, -0.2) is 30.5 Å². The molecule has 0 unspecified atom stereocenters. The van der Waals surface area contributed by atoms with E-state index < -0.39 is 21.6 Å². The lowest BCUT2D eigenvalue weighted by atomic mass is 10.0. The summed E-state index contributed by atoms with van der Waals surface area (Å²) in [6, 6.07) is 5.20. The quantitative estimate of drug-likeness (QED) is 0.434. The topological polar surface area (TPSA) is 120 Å². The number of rotatable bonds is 7. The molecule has 0 radical (unpaired) electrons. The summed E-state index contributed by atoms with van der Waals surface area (Å²) in [5.74, 6) is -0.0209. The molecular weight excluding hydrogens is 422 g/mol. The monoisotopic (exact) mass is 445 g/mol. The van der Waals surface area contributed by atoms with E-state index in [4.69, 9.17) is 9.15 Å². The summed E-state index contributed by atoms with van der Waals surface area (Å²) in [6.45, 7) is 1.48. The van der Waals surface area contributed by atoms with Crippen LogP contribution < -0.4 is 10.3 Å². The summed E-state index contributed by atoms with van der Waals surface area (Å²) in [5, 5.41) is 0.648. The summed E-state index contributed by atoms with van der Waals surface area (Å²) in [4.78, 5) is 28.0. The second-order valence-electron chi connectivity index (χ2n) is 7.61. The molecule has 1 aliphatic carbocycles. The number of fused-ring (bicyclic) bond motifs is 2. The van der Waals surface area contributed by atoms with Gasteiger partial charge in [0.2, 0.25) is 0 Å². The third-order valence-electron chi connectivity index (χ3n) is 5.41. The van der Waals surface area contributed by atoms with E-state index >= 15 is 0 Å². The van der Waals surface area contributed by atoms with Crippen LogP contribution in [0, 0.1) is 6.92 Å². The normalized spacial score (nSPS) is 13.5. The largest absolute Gasteiger partial charge is 0.461 e. The van der Waals surface area contributed by atoms with Gasteiger partial charge in [-0.25, -0.2) is 22.9 Å². The molecule has 0 saturated heterocycles. The van der Waals surface area contributed by atoms with Gasteiger partial charge in [-0.1, -0.05) is 0 Å². The Labute approximate surface area is 179 Å². The van der Waals surface area contributed by atoms with Crippen LogP contribution >= 0.6 is 0 Å². The number of ether oxygens (including phenoxy) is 1. The highest BCUT2D eigenvalue weighted by Crippen LogP contribution is 2.28. The van der Waals surface area contributed by atoms with E-state index in [1.807, 2.05) is 12.1 Å². The van der Waals surface area contributed by atoms with Gasteiger partial charge in [-0.2, -0.15) is 0 Å². The molecule has 164 valence electrons. The fourth-order valence-corrected chi connectivity index (χ4v) is 4.73. The lowest BCUT2D eigenvalue weighted by Crippen LogP contribution is -2.27. The first-order chi connectivity index (χ1) is 14.7. The Kier molecular flexibility index (Phi) is 5.67. The van der Waals surface area contributed by atoms with Crippen LogP contribution in [0.25, 0.3) is 11.0 Å². The average molecular weight is 445 g/mol. The molecule has 1 N–H and O–H groups in total. The maximum absolute atomic E-state index is 12.3. The van der Waals surface area contributed by atoms with E-state index in [9.17, 15) is 18.0 Å². The Morgan fingerprint density at radius 3 is 2.71 bits per heavy atom. The Balaban J connectivity index is 1.38. The van der Waals surface area contributed by atoms with E-state index in [-0.39, 0.29) is 24.6 Å². The first-order valence-corrected chi connectivity index (χ1v) is 11.4. The molecule has 9 nitrogen and oxygen atoms in total. The minimum Gasteiger partial charge on any atom is -0.461 e. The predicted molar refractivity (Wildman–Crippen MR) is 112 cm³/mol. The molecule has 0 spiro atoms. The average Bonchev–Trinajstić information content (AvgIpc) is 3.30. The number of hydrogen-bond acceptors (Lipinski definition) is 7. The molecule has 1 aromatic carbocycles. The Hall–Kier alpha value is -2.98. The molecule has 0 amide bonds. The SMILES string of the molecule is Cc1nc(S(=O)(=O)NCCC(=O)OCc2cc(=O)oc3cc4c(cc23)CCC4)cn1C. The maximum atomic E-state index is 12.3.